The molecule has 1 fully saturated rings. The molecule has 1 heterocycles. The molecule has 1 aromatic carbocycles. The minimum absolute atomic E-state index is 0.0909. The summed E-state index contributed by atoms with van der Waals surface area (Å²) in [6, 6.07) is 4.58. The van der Waals surface area contributed by atoms with Crippen LogP contribution in [0.25, 0.3) is 0 Å². The van der Waals surface area contributed by atoms with Crippen molar-refractivity contribution in [3.05, 3.63) is 35.4 Å². The van der Waals surface area contributed by atoms with Crippen LogP contribution in [0.5, 0.6) is 0 Å². The quantitative estimate of drug-likeness (QED) is 0.928. The summed E-state index contributed by atoms with van der Waals surface area (Å²) < 4.78 is 37.9. The standard InChI is InChI=1S/C14H17F3N2O/c15-14(16,17)12-3-1-2-11(8-12)13(20)19-7-5-10(9-19)4-6-18/h1-3,8,10H,4-7,9,18H2. The van der Waals surface area contributed by atoms with Crippen LogP contribution in [0, 0.1) is 5.92 Å². The van der Waals surface area contributed by atoms with Crippen molar-refractivity contribution in [1.82, 2.24) is 4.90 Å². The van der Waals surface area contributed by atoms with Gasteiger partial charge in [-0.15, -0.1) is 0 Å². The SMILES string of the molecule is NCCC1CCN(C(=O)c2cccc(C(F)(F)F)c2)C1. The molecule has 0 saturated carbocycles. The Morgan fingerprint density at radius 3 is 2.80 bits per heavy atom. The highest BCUT2D eigenvalue weighted by molar-refractivity contribution is 5.94. The van der Waals surface area contributed by atoms with Crippen LogP contribution < -0.4 is 5.73 Å². The number of hydrogen-bond acceptors (Lipinski definition) is 2. The number of hydrogen-bond donors (Lipinski definition) is 1. The van der Waals surface area contributed by atoms with Gasteiger partial charge in [-0.2, -0.15) is 13.2 Å². The summed E-state index contributed by atoms with van der Waals surface area (Å²) in [5, 5.41) is 0. The third-order valence-corrected chi connectivity index (χ3v) is 3.58. The topological polar surface area (TPSA) is 46.3 Å². The number of amides is 1. The smallest absolute Gasteiger partial charge is 0.338 e. The van der Waals surface area contributed by atoms with Crippen LogP contribution in [-0.4, -0.2) is 30.4 Å². The van der Waals surface area contributed by atoms with E-state index in [0.717, 1.165) is 25.0 Å². The van der Waals surface area contributed by atoms with Gasteiger partial charge in [-0.05, 0) is 43.5 Å². The molecule has 1 atom stereocenters. The van der Waals surface area contributed by atoms with Crippen LogP contribution in [0.3, 0.4) is 0 Å². The highest BCUT2D eigenvalue weighted by Crippen LogP contribution is 2.30. The third-order valence-electron chi connectivity index (χ3n) is 3.58. The van der Waals surface area contributed by atoms with Crippen LogP contribution in [0.15, 0.2) is 24.3 Å². The van der Waals surface area contributed by atoms with Crippen LogP contribution in [-0.2, 0) is 6.18 Å². The molecule has 1 saturated heterocycles. The zero-order chi connectivity index (χ0) is 14.8. The second-order valence-electron chi connectivity index (χ2n) is 5.06. The van der Waals surface area contributed by atoms with Crippen LogP contribution in [0.4, 0.5) is 13.2 Å². The van der Waals surface area contributed by atoms with E-state index in [-0.39, 0.29) is 11.5 Å². The van der Waals surface area contributed by atoms with E-state index < -0.39 is 11.7 Å². The van der Waals surface area contributed by atoms with E-state index >= 15 is 0 Å². The van der Waals surface area contributed by atoms with Gasteiger partial charge in [-0.1, -0.05) is 6.07 Å². The highest BCUT2D eigenvalue weighted by atomic mass is 19.4. The molecule has 1 aliphatic rings. The Labute approximate surface area is 115 Å². The minimum Gasteiger partial charge on any atom is -0.338 e. The molecule has 6 heteroatoms. The number of alkyl halides is 3. The Morgan fingerprint density at radius 1 is 1.40 bits per heavy atom. The van der Waals surface area contributed by atoms with Gasteiger partial charge in [0.15, 0.2) is 0 Å². The Morgan fingerprint density at radius 2 is 2.15 bits per heavy atom. The molecule has 0 bridgehead atoms. The lowest BCUT2D eigenvalue weighted by Gasteiger charge is -2.17. The molecular formula is C14H17F3N2O. The second-order valence-corrected chi connectivity index (χ2v) is 5.06. The van der Waals surface area contributed by atoms with Crippen LogP contribution in [0.2, 0.25) is 0 Å². The maximum Gasteiger partial charge on any atom is 0.416 e. The van der Waals surface area contributed by atoms with E-state index in [1.54, 1.807) is 4.90 Å². The molecule has 0 radical (unpaired) electrons. The molecular weight excluding hydrogens is 269 g/mol. The molecule has 1 unspecified atom stereocenters. The van der Waals surface area contributed by atoms with Gasteiger partial charge >= 0.3 is 6.18 Å². The van der Waals surface area contributed by atoms with Crippen molar-refractivity contribution < 1.29 is 18.0 Å². The number of likely N-dealkylation sites (tertiary alicyclic amines) is 1. The number of carbonyl (C=O) groups excluding carboxylic acids is 1. The lowest BCUT2D eigenvalue weighted by molar-refractivity contribution is -0.137. The summed E-state index contributed by atoms with van der Waals surface area (Å²) in [4.78, 5) is 13.8. The summed E-state index contributed by atoms with van der Waals surface area (Å²) in [7, 11) is 0. The maximum atomic E-state index is 12.6. The summed E-state index contributed by atoms with van der Waals surface area (Å²) >= 11 is 0. The minimum atomic E-state index is -4.43. The first kappa shape index (κ1) is 14.8. The maximum absolute atomic E-state index is 12.6. The number of rotatable bonds is 3. The van der Waals surface area contributed by atoms with Crippen molar-refractivity contribution >= 4 is 5.91 Å². The molecule has 3 nitrogen and oxygen atoms in total. The molecule has 2 N–H and O–H groups in total. The number of carbonyl (C=O) groups is 1. The lowest BCUT2D eigenvalue weighted by Crippen LogP contribution is -2.29. The zero-order valence-corrected chi connectivity index (χ0v) is 11.0. The number of nitrogens with zero attached hydrogens (tertiary/aromatic N) is 1. The van der Waals surface area contributed by atoms with Crippen molar-refractivity contribution in [2.24, 2.45) is 11.7 Å². The summed E-state index contributed by atoms with van der Waals surface area (Å²) in [6.07, 6.45) is -2.72. The van der Waals surface area contributed by atoms with E-state index in [1.165, 1.54) is 12.1 Å². The first-order chi connectivity index (χ1) is 9.41. The molecule has 0 spiro atoms. The molecule has 1 amide bonds. The Bertz CT molecular complexity index is 488. The van der Waals surface area contributed by atoms with Crippen LogP contribution in [0.1, 0.15) is 28.8 Å². The number of benzene rings is 1. The molecule has 1 aliphatic heterocycles. The largest absolute Gasteiger partial charge is 0.416 e. The van der Waals surface area contributed by atoms with Crippen molar-refractivity contribution in [1.29, 1.82) is 0 Å². The van der Waals surface area contributed by atoms with Gasteiger partial charge < -0.3 is 10.6 Å². The van der Waals surface area contributed by atoms with E-state index in [2.05, 4.69) is 0 Å². The first-order valence-electron chi connectivity index (χ1n) is 6.58. The Balaban J connectivity index is 2.10. The van der Waals surface area contributed by atoms with Crippen LogP contribution >= 0.6 is 0 Å². The highest BCUT2D eigenvalue weighted by Gasteiger charge is 2.32. The fraction of sp³-hybridized carbons (Fsp3) is 0.500. The van der Waals surface area contributed by atoms with Gasteiger partial charge in [0.2, 0.25) is 0 Å². The zero-order valence-electron chi connectivity index (χ0n) is 11.0. The predicted molar refractivity (Wildman–Crippen MR) is 69.1 cm³/mol. The molecule has 2 rings (SSSR count). The van der Waals surface area contributed by atoms with Crippen molar-refractivity contribution in [3.8, 4) is 0 Å². The number of nitrogens with two attached hydrogens (primary N) is 1. The van der Waals surface area contributed by atoms with Gasteiger partial charge in [-0.3, -0.25) is 4.79 Å². The van der Waals surface area contributed by atoms with Gasteiger partial charge in [0, 0.05) is 18.7 Å². The van der Waals surface area contributed by atoms with Gasteiger partial charge in [0.05, 0.1) is 5.56 Å². The normalized spacial score (nSPS) is 19.4. The van der Waals surface area contributed by atoms with Gasteiger partial charge in [0.1, 0.15) is 0 Å². The van der Waals surface area contributed by atoms with Gasteiger partial charge in [-0.25, -0.2) is 0 Å². The molecule has 110 valence electrons. The fourth-order valence-corrected chi connectivity index (χ4v) is 2.50. The number of halogens is 3. The average Bonchev–Trinajstić information content (AvgIpc) is 2.86. The van der Waals surface area contributed by atoms with Crippen molar-refractivity contribution in [2.75, 3.05) is 19.6 Å². The van der Waals surface area contributed by atoms with Crippen molar-refractivity contribution in [3.63, 3.8) is 0 Å². The van der Waals surface area contributed by atoms with E-state index in [0.29, 0.717) is 25.6 Å². The first-order valence-corrected chi connectivity index (χ1v) is 6.58. The predicted octanol–water partition coefficient (Wildman–Crippen LogP) is 2.52. The molecule has 20 heavy (non-hydrogen) atoms. The van der Waals surface area contributed by atoms with Crippen molar-refractivity contribution in [2.45, 2.75) is 19.0 Å². The Hall–Kier alpha value is -1.56. The lowest BCUT2D eigenvalue weighted by atomic mass is 10.1. The monoisotopic (exact) mass is 286 g/mol. The average molecular weight is 286 g/mol. The summed E-state index contributed by atoms with van der Waals surface area (Å²) in [5.41, 5.74) is 4.78. The molecule has 0 aromatic heterocycles. The van der Waals surface area contributed by atoms with E-state index in [4.69, 9.17) is 5.73 Å². The Kier molecular flexibility index (Phi) is 4.32. The van der Waals surface area contributed by atoms with E-state index in [1.807, 2.05) is 0 Å². The third kappa shape index (κ3) is 3.30. The van der Waals surface area contributed by atoms with E-state index in [9.17, 15) is 18.0 Å². The fourth-order valence-electron chi connectivity index (χ4n) is 2.50. The second kappa shape index (κ2) is 5.83. The summed E-state index contributed by atoms with van der Waals surface area (Å²) in [5.74, 6) is 0.0189. The summed E-state index contributed by atoms with van der Waals surface area (Å²) in [6.45, 7) is 1.72. The molecule has 0 aliphatic carbocycles. The van der Waals surface area contributed by atoms with Gasteiger partial charge in [0.25, 0.3) is 5.91 Å². The molecule has 1 aromatic rings.